The van der Waals surface area contributed by atoms with Crippen molar-refractivity contribution in [3.05, 3.63) is 66.1 Å². The number of nitrogens with one attached hydrogen (secondary N) is 1. The minimum atomic E-state index is -0.170. The monoisotopic (exact) mass is 377 g/mol. The van der Waals surface area contributed by atoms with Gasteiger partial charge in [-0.3, -0.25) is 9.69 Å². The van der Waals surface area contributed by atoms with Crippen molar-refractivity contribution in [2.45, 2.75) is 26.4 Å². The lowest BCUT2D eigenvalue weighted by Crippen LogP contribution is -2.53. The van der Waals surface area contributed by atoms with Crippen molar-refractivity contribution in [2.75, 3.05) is 13.1 Å². The van der Waals surface area contributed by atoms with Gasteiger partial charge in [-0.2, -0.15) is 0 Å². The quantitative estimate of drug-likeness (QED) is 0.733. The largest absolute Gasteiger partial charge is 0.457 e. The molecule has 4 rings (SSSR count). The molecule has 6 heteroatoms. The Bertz CT molecular complexity index is 968. The number of hydrogen-bond donors (Lipinski definition) is 1. The lowest BCUT2D eigenvalue weighted by molar-refractivity contribution is -0.128. The van der Waals surface area contributed by atoms with Crippen LogP contribution >= 0.6 is 0 Å². The molecule has 2 heterocycles. The molecule has 1 amide bonds. The van der Waals surface area contributed by atoms with Crippen LogP contribution in [0.3, 0.4) is 0 Å². The van der Waals surface area contributed by atoms with E-state index in [1.54, 1.807) is 0 Å². The van der Waals surface area contributed by atoms with Gasteiger partial charge in [0.25, 0.3) is 0 Å². The molecule has 3 aromatic rings. The van der Waals surface area contributed by atoms with Crippen LogP contribution in [0.2, 0.25) is 0 Å². The number of benzene rings is 2. The number of oxazole rings is 1. The van der Waals surface area contributed by atoms with E-state index < -0.39 is 0 Å². The van der Waals surface area contributed by atoms with Crippen LogP contribution in [0.25, 0.3) is 11.5 Å². The standard InChI is InChI=1S/C22H23N3O3/c1-15-21(26)23-11-12-25(15)14-20-16(2)27-22(24-20)17-7-6-10-19(13-17)28-18-8-4-3-5-9-18/h3-10,13,15H,11-12,14H2,1-2H3,(H,23,26)/t15-/m0/s1. The second kappa shape index (κ2) is 7.86. The van der Waals surface area contributed by atoms with E-state index >= 15 is 0 Å². The van der Waals surface area contributed by atoms with Gasteiger partial charge >= 0.3 is 0 Å². The van der Waals surface area contributed by atoms with Gasteiger partial charge in [0, 0.05) is 25.2 Å². The first-order valence-electron chi connectivity index (χ1n) is 9.41. The fraction of sp³-hybridized carbons (Fsp3) is 0.273. The van der Waals surface area contributed by atoms with Crippen molar-refractivity contribution in [1.82, 2.24) is 15.2 Å². The molecular weight excluding hydrogens is 354 g/mol. The average Bonchev–Trinajstić information content (AvgIpc) is 3.07. The predicted molar refractivity (Wildman–Crippen MR) is 106 cm³/mol. The lowest BCUT2D eigenvalue weighted by atomic mass is 10.2. The first-order valence-corrected chi connectivity index (χ1v) is 9.41. The van der Waals surface area contributed by atoms with Crippen LogP contribution < -0.4 is 10.1 Å². The first kappa shape index (κ1) is 18.3. The van der Waals surface area contributed by atoms with E-state index in [1.165, 1.54) is 0 Å². The number of aromatic nitrogens is 1. The summed E-state index contributed by atoms with van der Waals surface area (Å²) in [6.45, 7) is 5.87. The zero-order valence-corrected chi connectivity index (χ0v) is 16.0. The van der Waals surface area contributed by atoms with Crippen LogP contribution in [0.1, 0.15) is 18.4 Å². The second-order valence-corrected chi connectivity index (χ2v) is 6.90. The smallest absolute Gasteiger partial charge is 0.237 e. The number of carbonyl (C=O) groups excluding carboxylic acids is 1. The van der Waals surface area contributed by atoms with E-state index in [2.05, 4.69) is 15.2 Å². The van der Waals surface area contributed by atoms with Crippen LogP contribution in [-0.4, -0.2) is 34.9 Å². The number of nitrogens with zero attached hydrogens (tertiary/aromatic N) is 2. The highest BCUT2D eigenvalue weighted by atomic mass is 16.5. The number of hydrogen-bond acceptors (Lipinski definition) is 5. The van der Waals surface area contributed by atoms with Crippen LogP contribution in [0.4, 0.5) is 0 Å². The third kappa shape index (κ3) is 3.92. The van der Waals surface area contributed by atoms with Gasteiger partial charge in [0.15, 0.2) is 0 Å². The molecule has 1 aliphatic rings. The van der Waals surface area contributed by atoms with Crippen LogP contribution in [0.15, 0.2) is 59.0 Å². The molecule has 28 heavy (non-hydrogen) atoms. The molecule has 1 N–H and O–H groups in total. The highest BCUT2D eigenvalue weighted by Crippen LogP contribution is 2.28. The Morgan fingerprint density at radius 1 is 1.18 bits per heavy atom. The van der Waals surface area contributed by atoms with E-state index in [-0.39, 0.29) is 11.9 Å². The zero-order valence-electron chi connectivity index (χ0n) is 16.0. The summed E-state index contributed by atoms with van der Waals surface area (Å²) < 4.78 is 11.8. The molecule has 1 aliphatic heterocycles. The minimum absolute atomic E-state index is 0.0541. The summed E-state index contributed by atoms with van der Waals surface area (Å²) in [5.41, 5.74) is 1.71. The fourth-order valence-corrected chi connectivity index (χ4v) is 3.25. The summed E-state index contributed by atoms with van der Waals surface area (Å²) in [5, 5.41) is 2.88. The molecular formula is C22H23N3O3. The number of piperazine rings is 1. The Hall–Kier alpha value is -3.12. The van der Waals surface area contributed by atoms with Crippen LogP contribution in [-0.2, 0) is 11.3 Å². The molecule has 0 bridgehead atoms. The number of aryl methyl sites for hydroxylation is 1. The van der Waals surface area contributed by atoms with Crippen molar-refractivity contribution < 1.29 is 13.9 Å². The van der Waals surface area contributed by atoms with Crippen molar-refractivity contribution in [3.8, 4) is 23.0 Å². The Kier molecular flexibility index (Phi) is 5.12. The molecule has 6 nitrogen and oxygen atoms in total. The van der Waals surface area contributed by atoms with Crippen LogP contribution in [0, 0.1) is 6.92 Å². The normalized spacial score (nSPS) is 17.4. The Morgan fingerprint density at radius 3 is 2.79 bits per heavy atom. The maximum Gasteiger partial charge on any atom is 0.237 e. The number of amides is 1. The molecule has 0 radical (unpaired) electrons. The highest BCUT2D eigenvalue weighted by Gasteiger charge is 2.27. The van der Waals surface area contributed by atoms with Gasteiger partial charge in [-0.25, -0.2) is 4.98 Å². The van der Waals surface area contributed by atoms with Crippen molar-refractivity contribution in [1.29, 1.82) is 0 Å². The molecule has 1 aromatic heterocycles. The molecule has 144 valence electrons. The van der Waals surface area contributed by atoms with E-state index in [0.29, 0.717) is 19.0 Å². The summed E-state index contributed by atoms with van der Waals surface area (Å²) in [5.74, 6) is 2.88. The highest BCUT2D eigenvalue weighted by molar-refractivity contribution is 5.82. The molecule has 0 unspecified atom stereocenters. The van der Waals surface area contributed by atoms with Gasteiger partial charge in [0.2, 0.25) is 11.8 Å². The van der Waals surface area contributed by atoms with E-state index in [1.807, 2.05) is 68.4 Å². The van der Waals surface area contributed by atoms with Gasteiger partial charge in [-0.05, 0) is 44.2 Å². The molecule has 0 aliphatic carbocycles. The van der Waals surface area contributed by atoms with Gasteiger partial charge < -0.3 is 14.5 Å². The first-order chi connectivity index (χ1) is 13.6. The van der Waals surface area contributed by atoms with E-state index in [9.17, 15) is 4.79 Å². The van der Waals surface area contributed by atoms with E-state index in [4.69, 9.17) is 9.15 Å². The molecule has 2 aromatic carbocycles. The Morgan fingerprint density at radius 2 is 1.96 bits per heavy atom. The average molecular weight is 377 g/mol. The number of rotatable bonds is 5. The van der Waals surface area contributed by atoms with Gasteiger partial charge in [-0.1, -0.05) is 24.3 Å². The zero-order chi connectivity index (χ0) is 19.5. The Labute approximate surface area is 164 Å². The third-order valence-corrected chi connectivity index (χ3v) is 4.93. The number of para-hydroxylation sites is 1. The maximum atomic E-state index is 11.9. The third-order valence-electron chi connectivity index (χ3n) is 4.93. The van der Waals surface area contributed by atoms with Gasteiger partial charge in [0.05, 0.1) is 11.7 Å². The summed E-state index contributed by atoms with van der Waals surface area (Å²) in [7, 11) is 0. The van der Waals surface area contributed by atoms with Gasteiger partial charge in [-0.15, -0.1) is 0 Å². The van der Waals surface area contributed by atoms with Crippen molar-refractivity contribution in [3.63, 3.8) is 0 Å². The van der Waals surface area contributed by atoms with Gasteiger partial charge in [0.1, 0.15) is 17.3 Å². The van der Waals surface area contributed by atoms with Crippen molar-refractivity contribution >= 4 is 5.91 Å². The number of carbonyl (C=O) groups is 1. The lowest BCUT2D eigenvalue weighted by Gasteiger charge is -2.32. The van der Waals surface area contributed by atoms with E-state index in [0.717, 1.165) is 35.1 Å². The molecule has 0 saturated carbocycles. The molecule has 0 spiro atoms. The number of ether oxygens (including phenoxy) is 1. The molecule has 1 fully saturated rings. The topological polar surface area (TPSA) is 67.6 Å². The predicted octanol–water partition coefficient (Wildman–Crippen LogP) is 3.76. The molecule has 1 atom stereocenters. The summed E-state index contributed by atoms with van der Waals surface area (Å²) in [4.78, 5) is 18.7. The molecule has 1 saturated heterocycles. The fourth-order valence-electron chi connectivity index (χ4n) is 3.25. The SMILES string of the molecule is Cc1oc(-c2cccc(Oc3ccccc3)c2)nc1CN1CCNC(=O)[C@@H]1C. The van der Waals surface area contributed by atoms with Crippen molar-refractivity contribution in [2.24, 2.45) is 0 Å². The summed E-state index contributed by atoms with van der Waals surface area (Å²) in [6, 6.07) is 17.2. The maximum absolute atomic E-state index is 11.9. The Balaban J connectivity index is 1.53. The second-order valence-electron chi connectivity index (χ2n) is 6.90. The summed E-state index contributed by atoms with van der Waals surface area (Å²) in [6.07, 6.45) is 0. The summed E-state index contributed by atoms with van der Waals surface area (Å²) >= 11 is 0. The minimum Gasteiger partial charge on any atom is -0.457 e. The van der Waals surface area contributed by atoms with Crippen LogP contribution in [0.5, 0.6) is 11.5 Å².